The summed E-state index contributed by atoms with van der Waals surface area (Å²) in [7, 11) is 0. The van der Waals surface area contributed by atoms with Crippen molar-refractivity contribution in [3.05, 3.63) is 35.9 Å². The number of piperidine rings is 2. The maximum absolute atomic E-state index is 12.4. The van der Waals surface area contributed by atoms with Gasteiger partial charge in [-0.3, -0.25) is 0 Å². The average molecular weight is 358 g/mol. The first kappa shape index (κ1) is 19.2. The molecule has 2 amide bonds. The zero-order valence-corrected chi connectivity index (χ0v) is 16.5. The molecule has 0 bridgehead atoms. The minimum Gasteiger partial charge on any atom is -0.338 e. The van der Waals surface area contributed by atoms with E-state index < -0.39 is 0 Å². The minimum atomic E-state index is 0.111. The largest absolute Gasteiger partial charge is 0.338 e. The van der Waals surface area contributed by atoms with E-state index in [0.717, 1.165) is 50.1 Å². The lowest BCUT2D eigenvalue weighted by Gasteiger charge is -2.39. The van der Waals surface area contributed by atoms with Crippen LogP contribution in [0.25, 0.3) is 0 Å². The van der Waals surface area contributed by atoms with Crippen LogP contribution in [0.15, 0.2) is 30.3 Å². The molecule has 0 aromatic heterocycles. The van der Waals surface area contributed by atoms with E-state index in [2.05, 4.69) is 36.2 Å². The van der Waals surface area contributed by atoms with E-state index in [4.69, 9.17) is 0 Å². The number of likely N-dealkylation sites (tertiary alicyclic amines) is 2. The van der Waals surface area contributed by atoms with E-state index in [-0.39, 0.29) is 6.03 Å². The Morgan fingerprint density at radius 2 is 1.73 bits per heavy atom. The number of nitrogens with one attached hydrogen (secondary N) is 1. The van der Waals surface area contributed by atoms with Crippen LogP contribution in [0.1, 0.15) is 38.7 Å². The molecule has 2 fully saturated rings. The summed E-state index contributed by atoms with van der Waals surface area (Å²) in [6, 6.07) is 10.5. The van der Waals surface area contributed by atoms with E-state index in [0.29, 0.717) is 6.54 Å². The van der Waals surface area contributed by atoms with Gasteiger partial charge in [0.2, 0.25) is 0 Å². The van der Waals surface area contributed by atoms with Crippen molar-refractivity contribution in [2.75, 3.05) is 39.3 Å². The van der Waals surface area contributed by atoms with Crippen molar-refractivity contribution in [2.45, 2.75) is 39.5 Å². The molecule has 4 heteroatoms. The molecule has 0 saturated carbocycles. The van der Waals surface area contributed by atoms with E-state index in [9.17, 15) is 4.79 Å². The van der Waals surface area contributed by atoms with Crippen molar-refractivity contribution in [2.24, 2.45) is 17.8 Å². The predicted octanol–water partition coefficient (Wildman–Crippen LogP) is 3.63. The van der Waals surface area contributed by atoms with Crippen LogP contribution in [-0.2, 0) is 6.42 Å². The summed E-state index contributed by atoms with van der Waals surface area (Å²) in [6.07, 6.45) is 4.56. The van der Waals surface area contributed by atoms with Gasteiger partial charge in [-0.2, -0.15) is 0 Å². The molecule has 1 N–H and O–H groups in total. The van der Waals surface area contributed by atoms with E-state index in [1.165, 1.54) is 31.6 Å². The number of carbonyl (C=O) groups excluding carboxylic acids is 1. The Labute approximate surface area is 158 Å². The van der Waals surface area contributed by atoms with Crippen LogP contribution in [0.3, 0.4) is 0 Å². The van der Waals surface area contributed by atoms with Gasteiger partial charge in [-0.15, -0.1) is 0 Å². The molecule has 3 rings (SSSR count). The molecule has 4 nitrogen and oxygen atoms in total. The molecule has 2 aliphatic heterocycles. The average Bonchev–Trinajstić information content (AvgIpc) is 2.62. The molecule has 2 heterocycles. The van der Waals surface area contributed by atoms with Gasteiger partial charge in [-0.05, 0) is 49.0 Å². The molecule has 0 radical (unpaired) electrons. The first-order valence-electron chi connectivity index (χ1n) is 10.4. The Morgan fingerprint density at radius 3 is 2.38 bits per heavy atom. The molecule has 1 aromatic rings. The number of urea groups is 1. The van der Waals surface area contributed by atoms with Gasteiger partial charge in [0, 0.05) is 39.3 Å². The highest BCUT2D eigenvalue weighted by atomic mass is 16.2. The molecule has 2 atom stereocenters. The Hall–Kier alpha value is -1.55. The monoisotopic (exact) mass is 357 g/mol. The molecule has 0 aliphatic carbocycles. The third kappa shape index (κ3) is 5.73. The smallest absolute Gasteiger partial charge is 0.317 e. The van der Waals surface area contributed by atoms with Crippen LogP contribution in [0.2, 0.25) is 0 Å². The summed E-state index contributed by atoms with van der Waals surface area (Å²) in [4.78, 5) is 17.0. The van der Waals surface area contributed by atoms with Gasteiger partial charge >= 0.3 is 6.03 Å². The highest BCUT2D eigenvalue weighted by molar-refractivity contribution is 5.74. The molecule has 26 heavy (non-hydrogen) atoms. The zero-order chi connectivity index (χ0) is 18.4. The Kier molecular flexibility index (Phi) is 6.95. The third-order valence-corrected chi connectivity index (χ3v) is 5.90. The van der Waals surface area contributed by atoms with Gasteiger partial charge in [0.25, 0.3) is 0 Å². The molecule has 0 spiro atoms. The number of benzene rings is 1. The second-order valence-electron chi connectivity index (χ2n) is 8.56. The molecular weight excluding hydrogens is 322 g/mol. The van der Waals surface area contributed by atoms with Gasteiger partial charge in [-0.1, -0.05) is 44.2 Å². The fourth-order valence-corrected chi connectivity index (χ4v) is 4.70. The fourth-order valence-electron chi connectivity index (χ4n) is 4.70. The SMILES string of the molecule is C[C@@H]1C[C@H](C)CN(CC2CCN(C(=O)NCCc3ccccc3)CC2)C1. The predicted molar refractivity (Wildman–Crippen MR) is 107 cm³/mol. The Morgan fingerprint density at radius 1 is 1.08 bits per heavy atom. The number of hydrogen-bond donors (Lipinski definition) is 1. The zero-order valence-electron chi connectivity index (χ0n) is 16.5. The van der Waals surface area contributed by atoms with Crippen molar-refractivity contribution >= 4 is 6.03 Å². The number of amides is 2. The van der Waals surface area contributed by atoms with Crippen LogP contribution < -0.4 is 5.32 Å². The van der Waals surface area contributed by atoms with Crippen LogP contribution in [0, 0.1) is 17.8 Å². The molecular formula is C22H35N3O. The summed E-state index contributed by atoms with van der Waals surface area (Å²) >= 11 is 0. The van der Waals surface area contributed by atoms with Crippen molar-refractivity contribution in [1.29, 1.82) is 0 Å². The second-order valence-corrected chi connectivity index (χ2v) is 8.56. The van der Waals surface area contributed by atoms with Crippen molar-refractivity contribution in [1.82, 2.24) is 15.1 Å². The van der Waals surface area contributed by atoms with Gasteiger partial charge in [0.1, 0.15) is 0 Å². The summed E-state index contributed by atoms with van der Waals surface area (Å²) in [5.41, 5.74) is 1.27. The third-order valence-electron chi connectivity index (χ3n) is 5.90. The molecule has 144 valence electrons. The maximum Gasteiger partial charge on any atom is 0.317 e. The molecule has 0 unspecified atom stereocenters. The van der Waals surface area contributed by atoms with E-state index in [1.807, 2.05) is 23.1 Å². The van der Waals surface area contributed by atoms with Gasteiger partial charge < -0.3 is 15.1 Å². The molecule has 2 saturated heterocycles. The summed E-state index contributed by atoms with van der Waals surface area (Å²) in [5.74, 6) is 2.41. The Bertz CT molecular complexity index is 544. The van der Waals surface area contributed by atoms with Crippen LogP contribution in [-0.4, -0.2) is 55.1 Å². The molecule has 2 aliphatic rings. The summed E-state index contributed by atoms with van der Waals surface area (Å²) < 4.78 is 0. The lowest BCUT2D eigenvalue weighted by Crippen LogP contribution is -2.47. The number of hydrogen-bond acceptors (Lipinski definition) is 2. The van der Waals surface area contributed by atoms with E-state index in [1.54, 1.807) is 0 Å². The van der Waals surface area contributed by atoms with Gasteiger partial charge in [0.15, 0.2) is 0 Å². The van der Waals surface area contributed by atoms with Crippen LogP contribution in [0.5, 0.6) is 0 Å². The Balaban J connectivity index is 1.34. The minimum absolute atomic E-state index is 0.111. The first-order chi connectivity index (χ1) is 12.6. The number of carbonyl (C=O) groups is 1. The van der Waals surface area contributed by atoms with Crippen LogP contribution in [0.4, 0.5) is 4.79 Å². The van der Waals surface area contributed by atoms with Gasteiger partial charge in [-0.25, -0.2) is 4.79 Å². The highest BCUT2D eigenvalue weighted by Gasteiger charge is 2.27. The quantitative estimate of drug-likeness (QED) is 0.873. The topological polar surface area (TPSA) is 35.6 Å². The number of nitrogens with zero attached hydrogens (tertiary/aromatic N) is 2. The second kappa shape index (κ2) is 9.40. The van der Waals surface area contributed by atoms with Crippen molar-refractivity contribution in [3.8, 4) is 0 Å². The summed E-state index contributed by atoms with van der Waals surface area (Å²) in [6.45, 7) is 11.0. The van der Waals surface area contributed by atoms with Crippen molar-refractivity contribution < 1.29 is 4.79 Å². The van der Waals surface area contributed by atoms with Crippen molar-refractivity contribution in [3.63, 3.8) is 0 Å². The summed E-state index contributed by atoms with van der Waals surface area (Å²) in [5, 5.41) is 3.09. The normalized spacial score (nSPS) is 25.2. The first-order valence-corrected chi connectivity index (χ1v) is 10.4. The molecule has 1 aromatic carbocycles. The standard InChI is InChI=1S/C22H35N3O/c1-18-14-19(2)16-24(15-18)17-21-9-12-25(13-10-21)22(26)23-11-8-20-6-4-3-5-7-20/h3-7,18-19,21H,8-17H2,1-2H3,(H,23,26)/t18-,19+. The lowest BCUT2D eigenvalue weighted by atomic mass is 9.89. The van der Waals surface area contributed by atoms with Crippen LogP contribution >= 0.6 is 0 Å². The highest BCUT2D eigenvalue weighted by Crippen LogP contribution is 2.24. The lowest BCUT2D eigenvalue weighted by molar-refractivity contribution is 0.0996. The fraction of sp³-hybridized carbons (Fsp3) is 0.682. The van der Waals surface area contributed by atoms with E-state index >= 15 is 0 Å². The number of rotatable bonds is 5. The van der Waals surface area contributed by atoms with Gasteiger partial charge in [0.05, 0.1) is 0 Å². The maximum atomic E-state index is 12.4.